The lowest BCUT2D eigenvalue weighted by Crippen LogP contribution is -2.12. The molecule has 0 fully saturated rings. The summed E-state index contributed by atoms with van der Waals surface area (Å²) in [4.78, 5) is 18.8. The molecule has 0 aliphatic rings. The fourth-order valence-corrected chi connectivity index (χ4v) is 3.79. The predicted octanol–water partition coefficient (Wildman–Crippen LogP) is 4.25. The van der Waals surface area contributed by atoms with Gasteiger partial charge in [-0.1, -0.05) is 23.7 Å². The zero-order chi connectivity index (χ0) is 19.1. The summed E-state index contributed by atoms with van der Waals surface area (Å²) in [7, 11) is 0. The number of hydrogen-bond acceptors (Lipinski definition) is 7. The Balaban J connectivity index is 1.48. The van der Waals surface area contributed by atoms with Crippen LogP contribution in [-0.2, 0) is 6.54 Å². The van der Waals surface area contributed by atoms with Gasteiger partial charge < -0.3 is 9.73 Å². The highest BCUT2D eigenvalue weighted by atomic mass is 35.5. The second kappa shape index (κ2) is 6.74. The van der Waals surface area contributed by atoms with Crippen molar-refractivity contribution in [2.24, 2.45) is 0 Å². The maximum atomic E-state index is 12.5. The smallest absolute Gasteiger partial charge is 0.364 e. The van der Waals surface area contributed by atoms with E-state index in [0.29, 0.717) is 27.6 Å². The maximum absolute atomic E-state index is 12.5. The number of aromatic nitrogens is 4. The minimum Gasteiger partial charge on any atom is -0.421 e. The van der Waals surface area contributed by atoms with Crippen molar-refractivity contribution in [3.05, 3.63) is 74.5 Å². The van der Waals surface area contributed by atoms with E-state index in [2.05, 4.69) is 20.5 Å². The van der Waals surface area contributed by atoms with E-state index < -0.39 is 5.63 Å². The Morgan fingerprint density at radius 2 is 1.89 bits per heavy atom. The summed E-state index contributed by atoms with van der Waals surface area (Å²) in [6, 6.07) is 14.8. The molecule has 7 nitrogen and oxygen atoms in total. The first-order valence-corrected chi connectivity index (χ1v) is 9.60. The molecule has 0 aliphatic heterocycles. The van der Waals surface area contributed by atoms with E-state index in [4.69, 9.17) is 16.0 Å². The van der Waals surface area contributed by atoms with Crippen molar-refractivity contribution in [3.8, 4) is 5.69 Å². The lowest BCUT2D eigenvalue weighted by molar-refractivity contribution is 0.546. The van der Waals surface area contributed by atoms with E-state index in [1.165, 1.54) is 16.1 Å². The SMILES string of the molecule is O=c1oc2cc(NCc3cnc(Cl)s3)ccc2cc1-n1nc2ccccc2n1. The van der Waals surface area contributed by atoms with Gasteiger partial charge in [-0.05, 0) is 30.3 Å². The second-order valence-electron chi connectivity index (χ2n) is 6.08. The molecule has 0 saturated carbocycles. The zero-order valence-electron chi connectivity index (χ0n) is 14.3. The predicted molar refractivity (Wildman–Crippen MR) is 109 cm³/mol. The van der Waals surface area contributed by atoms with Crippen LogP contribution in [0.25, 0.3) is 27.7 Å². The number of halogens is 1. The Labute approximate surface area is 167 Å². The molecule has 0 amide bonds. The van der Waals surface area contributed by atoms with Gasteiger partial charge in [-0.25, -0.2) is 9.78 Å². The number of benzene rings is 2. The number of nitrogens with zero attached hydrogens (tertiary/aromatic N) is 4. The van der Waals surface area contributed by atoms with Gasteiger partial charge in [0.25, 0.3) is 0 Å². The van der Waals surface area contributed by atoms with E-state index in [1.807, 2.05) is 36.4 Å². The lowest BCUT2D eigenvalue weighted by atomic mass is 10.2. The summed E-state index contributed by atoms with van der Waals surface area (Å²) in [6.07, 6.45) is 1.73. The van der Waals surface area contributed by atoms with Crippen LogP contribution in [0.2, 0.25) is 4.47 Å². The van der Waals surface area contributed by atoms with Gasteiger partial charge in [0.05, 0.1) is 6.54 Å². The van der Waals surface area contributed by atoms with Crippen LogP contribution in [0, 0.1) is 0 Å². The molecule has 28 heavy (non-hydrogen) atoms. The first-order valence-electron chi connectivity index (χ1n) is 8.40. The molecular weight excluding hydrogens is 398 g/mol. The topological polar surface area (TPSA) is 85.8 Å². The highest BCUT2D eigenvalue weighted by Gasteiger charge is 2.12. The molecule has 9 heteroatoms. The Morgan fingerprint density at radius 3 is 2.61 bits per heavy atom. The molecule has 0 saturated heterocycles. The standard InChI is InChI=1S/C19H12ClN5O2S/c20-19-22-10-13(28-19)9-21-12-6-5-11-7-16(18(26)27-17(11)8-12)25-23-14-3-1-2-4-15(14)24-25/h1-8,10,21H,9H2. The first-order chi connectivity index (χ1) is 13.7. The van der Waals surface area contributed by atoms with Crippen molar-refractivity contribution in [2.75, 3.05) is 5.32 Å². The summed E-state index contributed by atoms with van der Waals surface area (Å²) in [5.41, 5.74) is 2.51. The third-order valence-corrected chi connectivity index (χ3v) is 5.33. The number of thiazole rings is 1. The van der Waals surface area contributed by atoms with Crippen molar-refractivity contribution in [1.29, 1.82) is 0 Å². The largest absolute Gasteiger partial charge is 0.421 e. The highest BCUT2D eigenvalue weighted by molar-refractivity contribution is 7.15. The van der Waals surface area contributed by atoms with Gasteiger partial charge in [0, 0.05) is 28.2 Å². The summed E-state index contributed by atoms with van der Waals surface area (Å²) in [5, 5.41) is 12.8. The van der Waals surface area contributed by atoms with Gasteiger partial charge in [-0.2, -0.15) is 0 Å². The summed E-state index contributed by atoms with van der Waals surface area (Å²) >= 11 is 7.26. The molecule has 0 atom stereocenters. The number of rotatable bonds is 4. The van der Waals surface area contributed by atoms with Crippen LogP contribution in [0.4, 0.5) is 5.69 Å². The van der Waals surface area contributed by atoms with Gasteiger partial charge in [0.2, 0.25) is 0 Å². The van der Waals surface area contributed by atoms with Crippen LogP contribution in [-0.4, -0.2) is 20.0 Å². The molecule has 0 aliphatic carbocycles. The van der Waals surface area contributed by atoms with E-state index in [9.17, 15) is 4.79 Å². The Bertz CT molecular complexity index is 1340. The minimum absolute atomic E-state index is 0.267. The molecule has 3 aromatic heterocycles. The van der Waals surface area contributed by atoms with E-state index in [0.717, 1.165) is 16.0 Å². The molecule has 1 N–H and O–H groups in total. The Hall–Kier alpha value is -3.23. The monoisotopic (exact) mass is 409 g/mol. The third-order valence-electron chi connectivity index (χ3n) is 4.21. The van der Waals surface area contributed by atoms with Crippen molar-refractivity contribution in [1.82, 2.24) is 20.0 Å². The van der Waals surface area contributed by atoms with Crippen LogP contribution in [0.1, 0.15) is 4.88 Å². The maximum Gasteiger partial charge on any atom is 0.364 e. The van der Waals surface area contributed by atoms with E-state index >= 15 is 0 Å². The number of hydrogen-bond donors (Lipinski definition) is 1. The molecular formula is C19H12ClN5O2S. The van der Waals surface area contributed by atoms with Gasteiger partial charge in [0.15, 0.2) is 10.2 Å². The fraction of sp³-hybridized carbons (Fsp3) is 0.0526. The summed E-state index contributed by atoms with van der Waals surface area (Å²) in [6.45, 7) is 0.585. The average Bonchev–Trinajstić information content (AvgIpc) is 3.31. The summed E-state index contributed by atoms with van der Waals surface area (Å²) < 4.78 is 6.02. The second-order valence-corrected chi connectivity index (χ2v) is 7.78. The molecule has 0 unspecified atom stereocenters. The molecule has 138 valence electrons. The van der Waals surface area contributed by atoms with Crippen LogP contribution in [0.15, 0.2) is 63.9 Å². The van der Waals surface area contributed by atoms with Crippen LogP contribution < -0.4 is 10.9 Å². The van der Waals surface area contributed by atoms with Crippen LogP contribution in [0.5, 0.6) is 0 Å². The lowest BCUT2D eigenvalue weighted by Gasteiger charge is -2.06. The zero-order valence-corrected chi connectivity index (χ0v) is 15.9. The number of nitrogens with one attached hydrogen (secondary N) is 1. The fourth-order valence-electron chi connectivity index (χ4n) is 2.87. The van der Waals surface area contributed by atoms with Crippen molar-refractivity contribution in [3.63, 3.8) is 0 Å². The molecule has 3 heterocycles. The van der Waals surface area contributed by atoms with Gasteiger partial charge in [0.1, 0.15) is 16.6 Å². The highest BCUT2D eigenvalue weighted by Crippen LogP contribution is 2.22. The summed E-state index contributed by atoms with van der Waals surface area (Å²) in [5.74, 6) is 0. The van der Waals surface area contributed by atoms with Crippen molar-refractivity contribution >= 4 is 50.6 Å². The Kier molecular flexibility index (Phi) is 4.07. The van der Waals surface area contributed by atoms with Gasteiger partial charge in [-0.3, -0.25) is 0 Å². The minimum atomic E-state index is -0.501. The quantitative estimate of drug-likeness (QED) is 0.446. The van der Waals surface area contributed by atoms with Crippen molar-refractivity contribution in [2.45, 2.75) is 6.54 Å². The molecule has 0 bridgehead atoms. The van der Waals surface area contributed by atoms with E-state index in [1.54, 1.807) is 18.3 Å². The molecule has 5 aromatic rings. The number of fused-ring (bicyclic) bond motifs is 2. The first kappa shape index (κ1) is 16.9. The number of anilines is 1. The van der Waals surface area contributed by atoms with Crippen molar-refractivity contribution < 1.29 is 4.42 Å². The van der Waals surface area contributed by atoms with Crippen LogP contribution in [0.3, 0.4) is 0 Å². The molecule has 5 rings (SSSR count). The van der Waals surface area contributed by atoms with Gasteiger partial charge >= 0.3 is 5.63 Å². The molecule has 0 radical (unpaired) electrons. The van der Waals surface area contributed by atoms with Gasteiger partial charge in [-0.15, -0.1) is 26.3 Å². The third kappa shape index (κ3) is 3.12. The average molecular weight is 410 g/mol. The van der Waals surface area contributed by atoms with E-state index in [-0.39, 0.29) is 5.69 Å². The normalized spacial score (nSPS) is 11.3. The Morgan fingerprint density at radius 1 is 1.11 bits per heavy atom. The molecule has 0 spiro atoms. The van der Waals surface area contributed by atoms with Crippen LogP contribution >= 0.6 is 22.9 Å². The molecule has 2 aromatic carbocycles.